The third kappa shape index (κ3) is 4.98. The van der Waals surface area contributed by atoms with Crippen molar-refractivity contribution in [1.82, 2.24) is 24.9 Å². The van der Waals surface area contributed by atoms with Crippen LogP contribution in [0.25, 0.3) is 28.0 Å². The number of nitrogens with one attached hydrogen (secondary N) is 1. The fourth-order valence-corrected chi connectivity index (χ4v) is 4.10. The highest BCUT2D eigenvalue weighted by Gasteiger charge is 2.21. The smallest absolute Gasteiger partial charge is 0.290 e. The molecule has 0 saturated carbocycles. The molecule has 1 saturated heterocycles. The quantitative estimate of drug-likeness (QED) is 0.337. The predicted octanol–water partition coefficient (Wildman–Crippen LogP) is 3.73. The van der Waals surface area contributed by atoms with E-state index in [1.165, 1.54) is 0 Å². The maximum absolute atomic E-state index is 9.34. The Morgan fingerprint density at radius 2 is 2.09 bits per heavy atom. The van der Waals surface area contributed by atoms with Gasteiger partial charge >= 0.3 is 0 Å². The number of carbonyl (C=O) groups is 1. The van der Waals surface area contributed by atoms with Crippen LogP contribution in [0, 0.1) is 18.3 Å². The van der Waals surface area contributed by atoms with Gasteiger partial charge in [0, 0.05) is 30.1 Å². The van der Waals surface area contributed by atoms with Crippen molar-refractivity contribution in [3.05, 3.63) is 65.1 Å². The molecule has 9 nitrogen and oxygen atoms in total. The van der Waals surface area contributed by atoms with Crippen LogP contribution in [-0.2, 0) is 4.79 Å². The van der Waals surface area contributed by atoms with Crippen molar-refractivity contribution in [1.29, 1.82) is 5.26 Å². The number of hydrogen-bond acceptors (Lipinski definition) is 7. The highest BCUT2D eigenvalue weighted by molar-refractivity contribution is 6.29. The van der Waals surface area contributed by atoms with Gasteiger partial charge in [-0.15, -0.1) is 0 Å². The van der Waals surface area contributed by atoms with E-state index in [1.54, 1.807) is 16.6 Å². The Balaban J connectivity index is 0.000000868. The number of halogens is 1. The van der Waals surface area contributed by atoms with Crippen LogP contribution in [0.2, 0.25) is 5.15 Å². The van der Waals surface area contributed by atoms with Gasteiger partial charge in [0.15, 0.2) is 5.65 Å². The molecular formula is C24H21ClN6O3. The van der Waals surface area contributed by atoms with E-state index in [-0.39, 0.29) is 12.6 Å². The molecule has 4 heterocycles. The second-order valence-electron chi connectivity index (χ2n) is 7.61. The summed E-state index contributed by atoms with van der Waals surface area (Å²) in [5.41, 5.74) is 5.23. The topological polar surface area (TPSA) is 125 Å². The molecule has 0 bridgehead atoms. The first-order valence-electron chi connectivity index (χ1n) is 10.5. The summed E-state index contributed by atoms with van der Waals surface area (Å²) >= 11 is 6.28. The van der Waals surface area contributed by atoms with Crippen LogP contribution in [-0.4, -0.2) is 50.4 Å². The zero-order chi connectivity index (χ0) is 24.1. The van der Waals surface area contributed by atoms with E-state index in [0.717, 1.165) is 41.9 Å². The number of nitriles is 1. The van der Waals surface area contributed by atoms with Crippen LogP contribution in [0.15, 0.2) is 48.7 Å². The Labute approximate surface area is 200 Å². The third-order valence-electron chi connectivity index (χ3n) is 5.24. The van der Waals surface area contributed by atoms with Crippen LogP contribution in [0.1, 0.15) is 17.7 Å². The summed E-state index contributed by atoms with van der Waals surface area (Å²) in [6.45, 7) is 3.40. The number of fused-ring (bicyclic) bond motifs is 1. The molecule has 3 aromatic heterocycles. The molecule has 0 aliphatic carbocycles. The standard InChI is InChI=1S/C23H19ClN6O.CH2O2/c1-14-9-17(11-19(24)27-14)21-22(16-4-2-3-15(10-16)12-25)29-30-8-6-20(28-23(21)30)31-18-5-7-26-13-18;2-1-3/h2-4,6,8-11,18,26H,5,7,13H2,1H3;1H,(H,2,3)/t18-;/m1./s1. The number of rotatable bonds is 4. The highest BCUT2D eigenvalue weighted by atomic mass is 35.5. The lowest BCUT2D eigenvalue weighted by Gasteiger charge is -2.11. The van der Waals surface area contributed by atoms with Gasteiger partial charge in [-0.2, -0.15) is 15.3 Å². The summed E-state index contributed by atoms with van der Waals surface area (Å²) in [6.07, 6.45) is 2.90. The lowest BCUT2D eigenvalue weighted by Crippen LogP contribution is -2.20. The molecule has 0 unspecified atom stereocenters. The van der Waals surface area contributed by atoms with Crippen LogP contribution >= 0.6 is 11.6 Å². The van der Waals surface area contributed by atoms with Gasteiger partial charge < -0.3 is 15.2 Å². The molecule has 1 fully saturated rings. The van der Waals surface area contributed by atoms with Gasteiger partial charge in [0.05, 0.1) is 17.2 Å². The van der Waals surface area contributed by atoms with E-state index in [1.807, 2.05) is 43.5 Å². The molecule has 0 radical (unpaired) electrons. The second kappa shape index (κ2) is 10.3. The van der Waals surface area contributed by atoms with Gasteiger partial charge in [-0.1, -0.05) is 23.7 Å². The Morgan fingerprint density at radius 3 is 2.79 bits per heavy atom. The lowest BCUT2D eigenvalue weighted by molar-refractivity contribution is -0.122. The van der Waals surface area contributed by atoms with Gasteiger partial charge in [0.1, 0.15) is 17.0 Å². The minimum atomic E-state index is -0.250. The molecule has 1 atom stereocenters. The first kappa shape index (κ1) is 23.2. The van der Waals surface area contributed by atoms with E-state index >= 15 is 0 Å². The molecule has 172 valence electrons. The van der Waals surface area contributed by atoms with Crippen LogP contribution in [0.5, 0.6) is 5.88 Å². The van der Waals surface area contributed by atoms with Crippen molar-refractivity contribution in [2.45, 2.75) is 19.4 Å². The molecule has 0 amide bonds. The summed E-state index contributed by atoms with van der Waals surface area (Å²) in [6, 6.07) is 15.1. The lowest BCUT2D eigenvalue weighted by atomic mass is 10.0. The molecule has 2 N–H and O–H groups in total. The van der Waals surface area contributed by atoms with E-state index in [0.29, 0.717) is 27.9 Å². The first-order chi connectivity index (χ1) is 16.5. The number of carboxylic acid groups (broad SMARTS) is 1. The zero-order valence-electron chi connectivity index (χ0n) is 18.3. The Morgan fingerprint density at radius 1 is 1.26 bits per heavy atom. The average Bonchev–Trinajstić information content (AvgIpc) is 3.46. The number of nitrogens with zero attached hydrogens (tertiary/aromatic N) is 5. The van der Waals surface area contributed by atoms with Gasteiger partial charge in [0.2, 0.25) is 5.88 Å². The minimum absolute atomic E-state index is 0.103. The molecule has 0 spiro atoms. The third-order valence-corrected chi connectivity index (χ3v) is 5.43. The van der Waals surface area contributed by atoms with Gasteiger partial charge in [0.25, 0.3) is 6.47 Å². The molecular weight excluding hydrogens is 456 g/mol. The van der Waals surface area contributed by atoms with Crippen molar-refractivity contribution >= 4 is 23.7 Å². The van der Waals surface area contributed by atoms with Crippen molar-refractivity contribution in [2.24, 2.45) is 0 Å². The fourth-order valence-electron chi connectivity index (χ4n) is 3.85. The summed E-state index contributed by atoms with van der Waals surface area (Å²) in [5, 5.41) is 24.7. The normalized spacial score (nSPS) is 14.8. The summed E-state index contributed by atoms with van der Waals surface area (Å²) < 4.78 is 7.81. The Hall–Kier alpha value is -4.00. The number of aryl methyl sites for hydroxylation is 1. The van der Waals surface area contributed by atoms with E-state index < -0.39 is 0 Å². The zero-order valence-corrected chi connectivity index (χ0v) is 19.0. The largest absolute Gasteiger partial charge is 0.483 e. The first-order valence-corrected chi connectivity index (χ1v) is 10.9. The molecule has 1 aromatic carbocycles. The monoisotopic (exact) mass is 476 g/mol. The summed E-state index contributed by atoms with van der Waals surface area (Å²) in [4.78, 5) is 17.4. The second-order valence-corrected chi connectivity index (χ2v) is 8.00. The Kier molecular flexibility index (Phi) is 7.01. The number of benzene rings is 1. The molecule has 4 aromatic rings. The number of aromatic nitrogens is 4. The van der Waals surface area contributed by atoms with Crippen LogP contribution < -0.4 is 10.1 Å². The van der Waals surface area contributed by atoms with Crippen LogP contribution in [0.4, 0.5) is 0 Å². The molecule has 10 heteroatoms. The van der Waals surface area contributed by atoms with Gasteiger partial charge in [-0.05, 0) is 49.7 Å². The molecule has 5 rings (SSSR count). The molecule has 34 heavy (non-hydrogen) atoms. The van der Waals surface area contributed by atoms with Gasteiger partial charge in [-0.25, -0.2) is 9.50 Å². The highest BCUT2D eigenvalue weighted by Crippen LogP contribution is 2.36. The average molecular weight is 477 g/mol. The van der Waals surface area contributed by atoms with E-state index in [2.05, 4.69) is 16.4 Å². The van der Waals surface area contributed by atoms with Crippen LogP contribution in [0.3, 0.4) is 0 Å². The summed E-state index contributed by atoms with van der Waals surface area (Å²) in [5.74, 6) is 0.552. The predicted molar refractivity (Wildman–Crippen MR) is 127 cm³/mol. The molecule has 1 aliphatic heterocycles. The van der Waals surface area contributed by atoms with E-state index in [9.17, 15) is 5.26 Å². The van der Waals surface area contributed by atoms with Crippen molar-refractivity contribution in [3.8, 4) is 34.3 Å². The number of pyridine rings is 1. The SMILES string of the molecule is Cc1cc(-c2c(-c3cccc(C#N)c3)nn3ccc(O[C@@H]4CCNC4)nc23)cc(Cl)n1.O=CO. The summed E-state index contributed by atoms with van der Waals surface area (Å²) in [7, 11) is 0. The minimum Gasteiger partial charge on any atom is -0.483 e. The maximum Gasteiger partial charge on any atom is 0.290 e. The maximum atomic E-state index is 9.34. The Bertz CT molecular complexity index is 1350. The molecule has 1 aliphatic rings. The van der Waals surface area contributed by atoms with Crippen molar-refractivity contribution in [3.63, 3.8) is 0 Å². The van der Waals surface area contributed by atoms with E-state index in [4.69, 9.17) is 36.3 Å². The van der Waals surface area contributed by atoms with Gasteiger partial charge in [-0.3, -0.25) is 4.79 Å². The fraction of sp³-hybridized carbons (Fsp3) is 0.208. The van der Waals surface area contributed by atoms with Crippen molar-refractivity contribution < 1.29 is 14.6 Å². The number of ether oxygens (including phenoxy) is 1. The number of hydrogen-bond donors (Lipinski definition) is 2. The van der Waals surface area contributed by atoms with Crippen molar-refractivity contribution in [2.75, 3.05) is 13.1 Å².